The van der Waals surface area contributed by atoms with E-state index in [2.05, 4.69) is 5.32 Å². The number of fused-ring (bicyclic) bond motifs is 2. The molecule has 0 unspecified atom stereocenters. The number of carbonyl (C=O) groups is 1. The van der Waals surface area contributed by atoms with Crippen LogP contribution in [0.4, 0.5) is 5.69 Å². The Hall–Kier alpha value is -3.01. The number of ether oxygens (including phenoxy) is 1. The summed E-state index contributed by atoms with van der Waals surface area (Å²) in [6.07, 6.45) is 0.847. The second-order valence-corrected chi connectivity index (χ2v) is 5.59. The molecule has 2 N–H and O–H groups in total. The van der Waals surface area contributed by atoms with E-state index < -0.39 is 0 Å². The third-order valence-electron chi connectivity index (χ3n) is 4.06. The van der Waals surface area contributed by atoms with Gasteiger partial charge in [-0.25, -0.2) is 0 Å². The van der Waals surface area contributed by atoms with Gasteiger partial charge < -0.3 is 15.2 Å². The maximum atomic E-state index is 12.5. The normalized spacial score (nSPS) is 12.7. The summed E-state index contributed by atoms with van der Waals surface area (Å²) < 4.78 is 5.46. The topological polar surface area (TPSA) is 58.6 Å². The molecule has 3 aromatic rings. The number of hydrogen-bond donors (Lipinski definition) is 2. The van der Waals surface area contributed by atoms with Gasteiger partial charge in [0.05, 0.1) is 12.2 Å². The SMILES string of the molecule is O=C(Nc1ccc2c(c1)CCO2)c1cc2ccccc2cc1O. The summed E-state index contributed by atoms with van der Waals surface area (Å²) in [7, 11) is 0. The summed E-state index contributed by atoms with van der Waals surface area (Å²) in [6.45, 7) is 0.679. The Morgan fingerprint density at radius 1 is 1.04 bits per heavy atom. The zero-order valence-corrected chi connectivity index (χ0v) is 12.4. The van der Waals surface area contributed by atoms with Crippen molar-refractivity contribution in [2.45, 2.75) is 6.42 Å². The third kappa shape index (κ3) is 2.48. The van der Waals surface area contributed by atoms with E-state index in [0.717, 1.165) is 28.5 Å². The molecular formula is C19H15NO3. The van der Waals surface area contributed by atoms with Crippen molar-refractivity contribution in [1.29, 1.82) is 0 Å². The minimum Gasteiger partial charge on any atom is -0.507 e. The highest BCUT2D eigenvalue weighted by Crippen LogP contribution is 2.29. The smallest absolute Gasteiger partial charge is 0.259 e. The van der Waals surface area contributed by atoms with Crippen LogP contribution in [0.1, 0.15) is 15.9 Å². The highest BCUT2D eigenvalue weighted by molar-refractivity contribution is 6.08. The molecule has 114 valence electrons. The fourth-order valence-electron chi connectivity index (χ4n) is 2.87. The first-order chi connectivity index (χ1) is 11.2. The van der Waals surface area contributed by atoms with Gasteiger partial charge >= 0.3 is 0 Å². The Morgan fingerprint density at radius 2 is 1.83 bits per heavy atom. The van der Waals surface area contributed by atoms with Crippen molar-refractivity contribution >= 4 is 22.4 Å². The molecule has 1 aliphatic rings. The Labute approximate surface area is 133 Å². The molecule has 0 bridgehead atoms. The Kier molecular flexibility index (Phi) is 3.15. The summed E-state index contributed by atoms with van der Waals surface area (Å²) in [4.78, 5) is 12.5. The van der Waals surface area contributed by atoms with Crippen LogP contribution < -0.4 is 10.1 Å². The van der Waals surface area contributed by atoms with Crippen molar-refractivity contribution in [1.82, 2.24) is 0 Å². The summed E-state index contributed by atoms with van der Waals surface area (Å²) >= 11 is 0. The van der Waals surface area contributed by atoms with E-state index in [9.17, 15) is 9.90 Å². The van der Waals surface area contributed by atoms with Crippen molar-refractivity contribution < 1.29 is 14.6 Å². The highest BCUT2D eigenvalue weighted by Gasteiger charge is 2.15. The van der Waals surface area contributed by atoms with Gasteiger partial charge in [0.1, 0.15) is 11.5 Å². The number of nitrogens with one attached hydrogen (secondary N) is 1. The highest BCUT2D eigenvalue weighted by atomic mass is 16.5. The standard InChI is InChI=1S/C19H15NO3/c21-17-11-13-4-2-1-3-12(13)10-16(17)19(22)20-15-5-6-18-14(9-15)7-8-23-18/h1-6,9-11,21H,7-8H2,(H,20,22). The third-order valence-corrected chi connectivity index (χ3v) is 4.06. The second-order valence-electron chi connectivity index (χ2n) is 5.59. The van der Waals surface area contributed by atoms with Crippen LogP contribution in [0.3, 0.4) is 0 Å². The first-order valence-corrected chi connectivity index (χ1v) is 7.49. The fraction of sp³-hybridized carbons (Fsp3) is 0.105. The summed E-state index contributed by atoms with van der Waals surface area (Å²) in [5, 5.41) is 14.8. The molecule has 0 atom stereocenters. The molecule has 0 saturated carbocycles. The second kappa shape index (κ2) is 5.32. The number of phenolic OH excluding ortho intramolecular Hbond substituents is 1. The largest absolute Gasteiger partial charge is 0.507 e. The lowest BCUT2D eigenvalue weighted by Gasteiger charge is -2.09. The predicted molar refractivity (Wildman–Crippen MR) is 89.2 cm³/mol. The molecule has 4 rings (SSSR count). The predicted octanol–water partition coefficient (Wildman–Crippen LogP) is 3.73. The molecule has 0 radical (unpaired) electrons. The van der Waals surface area contributed by atoms with Crippen molar-refractivity contribution in [3.63, 3.8) is 0 Å². The van der Waals surface area contributed by atoms with Gasteiger partial charge in [0.15, 0.2) is 0 Å². The van der Waals surface area contributed by atoms with Crippen LogP contribution in [-0.4, -0.2) is 17.6 Å². The Morgan fingerprint density at radius 3 is 2.65 bits per heavy atom. The number of anilines is 1. The summed E-state index contributed by atoms with van der Waals surface area (Å²) in [5.41, 5.74) is 2.05. The molecule has 3 aromatic carbocycles. The number of carbonyl (C=O) groups excluding carboxylic acids is 1. The van der Waals surface area contributed by atoms with Gasteiger partial charge in [-0.05, 0) is 46.7 Å². The maximum absolute atomic E-state index is 12.5. The molecule has 0 saturated heterocycles. The van der Waals surface area contributed by atoms with Crippen molar-refractivity contribution in [3.8, 4) is 11.5 Å². The van der Waals surface area contributed by atoms with E-state index in [1.807, 2.05) is 36.4 Å². The average molecular weight is 305 g/mol. The van der Waals surface area contributed by atoms with E-state index in [-0.39, 0.29) is 17.2 Å². The van der Waals surface area contributed by atoms with Crippen LogP contribution in [0.15, 0.2) is 54.6 Å². The lowest BCUT2D eigenvalue weighted by Crippen LogP contribution is -2.12. The van der Waals surface area contributed by atoms with E-state index in [0.29, 0.717) is 12.3 Å². The molecular weight excluding hydrogens is 290 g/mol. The first-order valence-electron chi connectivity index (χ1n) is 7.49. The number of amides is 1. The summed E-state index contributed by atoms with van der Waals surface area (Å²) in [5.74, 6) is 0.523. The van der Waals surface area contributed by atoms with Crippen LogP contribution in [0, 0.1) is 0 Å². The van der Waals surface area contributed by atoms with E-state index in [4.69, 9.17) is 4.74 Å². The van der Waals surface area contributed by atoms with Gasteiger partial charge in [0, 0.05) is 12.1 Å². The number of phenols is 1. The lowest BCUT2D eigenvalue weighted by atomic mass is 10.1. The van der Waals surface area contributed by atoms with Crippen LogP contribution in [0.25, 0.3) is 10.8 Å². The molecule has 1 aliphatic heterocycles. The minimum absolute atomic E-state index is 0.0225. The van der Waals surface area contributed by atoms with Gasteiger partial charge in [-0.2, -0.15) is 0 Å². The molecule has 0 aromatic heterocycles. The zero-order valence-electron chi connectivity index (χ0n) is 12.4. The van der Waals surface area contributed by atoms with Gasteiger partial charge in [0.2, 0.25) is 0 Å². The molecule has 4 heteroatoms. The average Bonchev–Trinajstić information content (AvgIpc) is 3.01. The molecule has 0 aliphatic carbocycles. The Bertz CT molecular complexity index is 918. The van der Waals surface area contributed by atoms with Crippen LogP contribution in [0.2, 0.25) is 0 Å². The number of benzene rings is 3. The number of aromatic hydroxyl groups is 1. The lowest BCUT2D eigenvalue weighted by molar-refractivity contribution is 0.102. The molecule has 1 heterocycles. The monoisotopic (exact) mass is 305 g/mol. The number of hydrogen-bond acceptors (Lipinski definition) is 3. The Balaban J connectivity index is 1.65. The maximum Gasteiger partial charge on any atom is 0.259 e. The van der Waals surface area contributed by atoms with Crippen LogP contribution >= 0.6 is 0 Å². The van der Waals surface area contributed by atoms with Gasteiger partial charge in [-0.3, -0.25) is 4.79 Å². The molecule has 0 fully saturated rings. The van der Waals surface area contributed by atoms with Gasteiger partial charge in [0.25, 0.3) is 5.91 Å². The molecule has 23 heavy (non-hydrogen) atoms. The minimum atomic E-state index is -0.327. The molecule has 1 amide bonds. The van der Waals surface area contributed by atoms with Crippen LogP contribution in [-0.2, 0) is 6.42 Å². The van der Waals surface area contributed by atoms with Crippen molar-refractivity contribution in [3.05, 3.63) is 65.7 Å². The molecule has 0 spiro atoms. The first kappa shape index (κ1) is 13.6. The van der Waals surface area contributed by atoms with Gasteiger partial charge in [-0.1, -0.05) is 24.3 Å². The van der Waals surface area contributed by atoms with Crippen molar-refractivity contribution in [2.75, 3.05) is 11.9 Å². The van der Waals surface area contributed by atoms with E-state index in [1.165, 1.54) is 0 Å². The summed E-state index contributed by atoms with van der Waals surface area (Å²) in [6, 6.07) is 16.5. The fourth-order valence-corrected chi connectivity index (χ4v) is 2.87. The van der Waals surface area contributed by atoms with E-state index in [1.54, 1.807) is 18.2 Å². The van der Waals surface area contributed by atoms with E-state index >= 15 is 0 Å². The molecule has 4 nitrogen and oxygen atoms in total. The quantitative estimate of drug-likeness (QED) is 0.758. The number of rotatable bonds is 2. The van der Waals surface area contributed by atoms with Crippen molar-refractivity contribution in [2.24, 2.45) is 0 Å². The zero-order chi connectivity index (χ0) is 15.8. The van der Waals surface area contributed by atoms with Gasteiger partial charge in [-0.15, -0.1) is 0 Å². The van der Waals surface area contributed by atoms with Crippen LogP contribution in [0.5, 0.6) is 11.5 Å².